The molecule has 2 heterocycles. The van der Waals surface area contributed by atoms with Crippen LogP contribution in [0.15, 0.2) is 29.6 Å². The predicted molar refractivity (Wildman–Crippen MR) is 97.2 cm³/mol. The van der Waals surface area contributed by atoms with Gasteiger partial charge in [0.05, 0.1) is 22.7 Å². The summed E-state index contributed by atoms with van der Waals surface area (Å²) in [5, 5.41) is 12.5. The first-order chi connectivity index (χ1) is 12.1. The normalized spacial score (nSPS) is 17.5. The standard InChI is InChI=1S/C19H22N2O3S/c1-2-15-12-25-18(20-15)14-7-5-9-21(11-14)17(22)10-13-6-3-4-8-16(13)19(23)24/h3-4,6,8,12,14H,2,5,7,9-11H2,1H3,(H,23,24). The van der Waals surface area contributed by atoms with E-state index < -0.39 is 5.97 Å². The van der Waals surface area contributed by atoms with E-state index in [1.165, 1.54) is 0 Å². The van der Waals surface area contributed by atoms with Crippen LogP contribution in [0.4, 0.5) is 0 Å². The molecule has 1 aromatic carbocycles. The summed E-state index contributed by atoms with van der Waals surface area (Å²) in [7, 11) is 0. The van der Waals surface area contributed by atoms with Crippen molar-refractivity contribution < 1.29 is 14.7 Å². The molecule has 1 saturated heterocycles. The number of amides is 1. The first-order valence-corrected chi connectivity index (χ1v) is 9.49. The smallest absolute Gasteiger partial charge is 0.335 e. The van der Waals surface area contributed by atoms with Gasteiger partial charge in [0.25, 0.3) is 0 Å². The molecule has 132 valence electrons. The quantitative estimate of drug-likeness (QED) is 0.890. The number of rotatable bonds is 5. The van der Waals surface area contributed by atoms with E-state index in [1.807, 2.05) is 4.90 Å². The van der Waals surface area contributed by atoms with Crippen molar-refractivity contribution in [3.63, 3.8) is 0 Å². The Balaban J connectivity index is 1.69. The van der Waals surface area contributed by atoms with Gasteiger partial charge in [-0.25, -0.2) is 9.78 Å². The van der Waals surface area contributed by atoms with Crippen molar-refractivity contribution in [2.24, 2.45) is 0 Å². The van der Waals surface area contributed by atoms with Crippen molar-refractivity contribution in [1.29, 1.82) is 0 Å². The van der Waals surface area contributed by atoms with E-state index in [9.17, 15) is 14.7 Å². The van der Waals surface area contributed by atoms with Crippen LogP contribution in [-0.2, 0) is 17.6 Å². The fraction of sp³-hybridized carbons (Fsp3) is 0.421. The first-order valence-electron chi connectivity index (χ1n) is 8.61. The molecule has 1 amide bonds. The van der Waals surface area contributed by atoms with E-state index in [1.54, 1.807) is 35.6 Å². The summed E-state index contributed by atoms with van der Waals surface area (Å²) in [6.45, 7) is 3.50. The highest BCUT2D eigenvalue weighted by atomic mass is 32.1. The number of carbonyl (C=O) groups is 2. The monoisotopic (exact) mass is 358 g/mol. The van der Waals surface area contributed by atoms with Crippen molar-refractivity contribution >= 4 is 23.2 Å². The second-order valence-corrected chi connectivity index (χ2v) is 7.24. The van der Waals surface area contributed by atoms with Crippen LogP contribution < -0.4 is 0 Å². The predicted octanol–water partition coefficient (Wildman–Crippen LogP) is 3.35. The number of aromatic carboxylic acids is 1. The van der Waals surface area contributed by atoms with Gasteiger partial charge >= 0.3 is 5.97 Å². The van der Waals surface area contributed by atoms with Crippen LogP contribution in [0.2, 0.25) is 0 Å². The fourth-order valence-corrected chi connectivity index (χ4v) is 4.27. The maximum atomic E-state index is 12.7. The lowest BCUT2D eigenvalue weighted by Crippen LogP contribution is -2.40. The molecule has 6 heteroatoms. The van der Waals surface area contributed by atoms with Crippen molar-refractivity contribution in [2.45, 2.75) is 38.5 Å². The minimum absolute atomic E-state index is 0.00864. The largest absolute Gasteiger partial charge is 0.478 e. The third-order valence-electron chi connectivity index (χ3n) is 4.64. The molecule has 0 radical (unpaired) electrons. The van der Waals surface area contributed by atoms with E-state index in [0.29, 0.717) is 12.1 Å². The average Bonchev–Trinajstić information content (AvgIpc) is 3.11. The number of nitrogens with zero attached hydrogens (tertiary/aromatic N) is 2. The van der Waals surface area contributed by atoms with Crippen LogP contribution in [0.5, 0.6) is 0 Å². The zero-order chi connectivity index (χ0) is 17.8. The second-order valence-electron chi connectivity index (χ2n) is 6.35. The Labute approximate surface area is 151 Å². The van der Waals surface area contributed by atoms with E-state index >= 15 is 0 Å². The Morgan fingerprint density at radius 1 is 1.36 bits per heavy atom. The molecule has 1 fully saturated rings. The molecule has 1 aliphatic heterocycles. The van der Waals surface area contributed by atoms with Crippen LogP contribution in [0.1, 0.15) is 52.3 Å². The molecule has 0 aliphatic carbocycles. The molecular formula is C19H22N2O3S. The van der Waals surface area contributed by atoms with E-state index in [2.05, 4.69) is 17.3 Å². The molecule has 3 rings (SSSR count). The summed E-state index contributed by atoms with van der Waals surface area (Å²) in [5.41, 5.74) is 1.89. The van der Waals surface area contributed by atoms with Gasteiger partial charge in [0, 0.05) is 24.4 Å². The molecule has 1 aromatic heterocycles. The summed E-state index contributed by atoms with van der Waals surface area (Å²) in [5.74, 6) is -0.710. The van der Waals surface area contributed by atoms with Crippen molar-refractivity contribution in [3.8, 4) is 0 Å². The SMILES string of the molecule is CCc1csc(C2CCCN(C(=O)Cc3ccccc3C(=O)O)C2)n1. The molecule has 0 bridgehead atoms. The number of piperidine rings is 1. The van der Waals surface area contributed by atoms with Crippen LogP contribution in [-0.4, -0.2) is 40.0 Å². The van der Waals surface area contributed by atoms with Gasteiger partial charge in [0.2, 0.25) is 5.91 Å². The third-order valence-corrected chi connectivity index (χ3v) is 5.70. The van der Waals surface area contributed by atoms with Gasteiger partial charge in [-0.2, -0.15) is 0 Å². The Morgan fingerprint density at radius 2 is 2.16 bits per heavy atom. The van der Waals surface area contributed by atoms with Crippen molar-refractivity contribution in [2.75, 3.05) is 13.1 Å². The summed E-state index contributed by atoms with van der Waals surface area (Å²) in [6, 6.07) is 6.72. The number of aryl methyl sites for hydroxylation is 1. The van der Waals surface area contributed by atoms with Gasteiger partial charge in [-0.15, -0.1) is 11.3 Å². The maximum absolute atomic E-state index is 12.7. The highest BCUT2D eigenvalue weighted by Crippen LogP contribution is 2.29. The van der Waals surface area contributed by atoms with E-state index in [-0.39, 0.29) is 23.8 Å². The molecule has 0 spiro atoms. The van der Waals surface area contributed by atoms with Gasteiger partial charge < -0.3 is 10.0 Å². The Hall–Kier alpha value is -2.21. The lowest BCUT2D eigenvalue weighted by atomic mass is 9.97. The molecule has 1 N–H and O–H groups in total. The lowest BCUT2D eigenvalue weighted by Gasteiger charge is -2.32. The zero-order valence-electron chi connectivity index (χ0n) is 14.3. The Morgan fingerprint density at radius 3 is 2.88 bits per heavy atom. The number of carboxylic acid groups (broad SMARTS) is 1. The number of carbonyl (C=O) groups excluding carboxylic acids is 1. The summed E-state index contributed by atoms with van der Waals surface area (Å²) >= 11 is 1.68. The summed E-state index contributed by atoms with van der Waals surface area (Å²) in [6.07, 6.45) is 3.06. The van der Waals surface area contributed by atoms with Gasteiger partial charge in [-0.3, -0.25) is 4.79 Å². The number of aromatic nitrogens is 1. The number of hydrogen-bond acceptors (Lipinski definition) is 4. The third kappa shape index (κ3) is 4.07. The van der Waals surface area contributed by atoms with E-state index in [0.717, 1.165) is 36.5 Å². The van der Waals surface area contributed by atoms with Gasteiger partial charge in [-0.05, 0) is 30.9 Å². The topological polar surface area (TPSA) is 70.5 Å². The molecule has 5 nitrogen and oxygen atoms in total. The lowest BCUT2D eigenvalue weighted by molar-refractivity contribution is -0.131. The molecule has 2 aromatic rings. The molecular weight excluding hydrogens is 336 g/mol. The van der Waals surface area contributed by atoms with Crippen molar-refractivity contribution in [3.05, 3.63) is 51.5 Å². The van der Waals surface area contributed by atoms with Crippen molar-refractivity contribution in [1.82, 2.24) is 9.88 Å². The number of benzene rings is 1. The average molecular weight is 358 g/mol. The highest BCUT2D eigenvalue weighted by Gasteiger charge is 2.27. The van der Waals surface area contributed by atoms with Crippen LogP contribution in [0.25, 0.3) is 0 Å². The maximum Gasteiger partial charge on any atom is 0.335 e. The van der Waals surface area contributed by atoms with Crippen LogP contribution in [0.3, 0.4) is 0 Å². The zero-order valence-corrected chi connectivity index (χ0v) is 15.1. The Kier molecular flexibility index (Phi) is 5.48. The number of hydrogen-bond donors (Lipinski definition) is 1. The second kappa shape index (κ2) is 7.78. The van der Waals surface area contributed by atoms with Gasteiger partial charge in [0.1, 0.15) is 0 Å². The Bertz CT molecular complexity index is 772. The van der Waals surface area contributed by atoms with E-state index in [4.69, 9.17) is 0 Å². The summed E-state index contributed by atoms with van der Waals surface area (Å²) in [4.78, 5) is 30.5. The number of likely N-dealkylation sites (tertiary alicyclic amines) is 1. The molecule has 25 heavy (non-hydrogen) atoms. The van der Waals surface area contributed by atoms with Crippen LogP contribution in [0, 0.1) is 0 Å². The molecule has 1 atom stereocenters. The molecule has 0 saturated carbocycles. The fourth-order valence-electron chi connectivity index (χ4n) is 3.24. The minimum Gasteiger partial charge on any atom is -0.478 e. The molecule has 1 unspecified atom stereocenters. The number of carboxylic acids is 1. The minimum atomic E-state index is -0.991. The molecule has 1 aliphatic rings. The highest BCUT2D eigenvalue weighted by molar-refractivity contribution is 7.09. The first kappa shape index (κ1) is 17.6. The van der Waals surface area contributed by atoms with Gasteiger partial charge in [0.15, 0.2) is 0 Å². The number of thiazole rings is 1. The summed E-state index contributed by atoms with van der Waals surface area (Å²) < 4.78 is 0. The van der Waals surface area contributed by atoms with Gasteiger partial charge in [-0.1, -0.05) is 25.1 Å². The van der Waals surface area contributed by atoms with Crippen LogP contribution >= 0.6 is 11.3 Å².